The molecule has 0 saturated carbocycles. The summed E-state index contributed by atoms with van der Waals surface area (Å²) in [5, 5.41) is 8.52. The maximum absolute atomic E-state index is 12.2. The monoisotopic (exact) mass is 308 g/mol. The van der Waals surface area contributed by atoms with E-state index in [0.29, 0.717) is 29.1 Å². The molecule has 2 aliphatic heterocycles. The van der Waals surface area contributed by atoms with Crippen LogP contribution < -0.4 is 16.4 Å². The molecule has 0 aromatic carbocycles. The lowest BCUT2D eigenvalue weighted by molar-refractivity contribution is -0.118. The van der Waals surface area contributed by atoms with Crippen molar-refractivity contribution < 1.29 is 9.59 Å². The number of nitrogens with one attached hydrogen (secondary N) is 2. The van der Waals surface area contributed by atoms with Gasteiger partial charge in [-0.05, 0) is 43.3 Å². The van der Waals surface area contributed by atoms with Gasteiger partial charge in [-0.1, -0.05) is 0 Å². The molecule has 2 saturated heterocycles. The largest absolute Gasteiger partial charge is 0.366 e. The Morgan fingerprint density at radius 3 is 3.14 bits per heavy atom. The Bertz CT molecular complexity index is 545. The zero-order chi connectivity index (χ0) is 14.8. The second-order valence-electron chi connectivity index (χ2n) is 5.67. The first kappa shape index (κ1) is 14.5. The van der Waals surface area contributed by atoms with Crippen LogP contribution in [0.5, 0.6) is 0 Å². The van der Waals surface area contributed by atoms with E-state index in [0.717, 1.165) is 26.1 Å². The smallest absolute Gasteiger partial charge is 0.251 e. The van der Waals surface area contributed by atoms with E-state index in [9.17, 15) is 9.59 Å². The van der Waals surface area contributed by atoms with E-state index in [1.54, 1.807) is 11.4 Å². The standard InChI is InChI=1S/C14H20N4O2S/c15-13(20)10-3-5-21-14(10)17-12(19)8-18-4-1-2-9-6-16-7-11(9)18/h3,5,9,11,16H,1-2,4,6-8H2,(H2,15,20)(H,17,19). The fourth-order valence-corrected chi connectivity index (χ4v) is 4.12. The van der Waals surface area contributed by atoms with Gasteiger partial charge in [0.1, 0.15) is 5.00 Å². The number of carbonyl (C=O) groups excluding carboxylic acids is 2. The Morgan fingerprint density at radius 2 is 2.33 bits per heavy atom. The normalized spacial score (nSPS) is 25.5. The van der Waals surface area contributed by atoms with E-state index in [4.69, 9.17) is 5.73 Å². The number of piperidine rings is 1. The fraction of sp³-hybridized carbons (Fsp3) is 0.571. The Morgan fingerprint density at radius 1 is 1.48 bits per heavy atom. The summed E-state index contributed by atoms with van der Waals surface area (Å²) >= 11 is 1.32. The average molecular weight is 308 g/mol. The summed E-state index contributed by atoms with van der Waals surface area (Å²) in [7, 11) is 0. The number of anilines is 1. The molecular formula is C14H20N4O2S. The van der Waals surface area contributed by atoms with Gasteiger partial charge in [0.25, 0.3) is 5.91 Å². The predicted octanol–water partition coefficient (Wildman–Crippen LogP) is 0.469. The molecule has 4 N–H and O–H groups in total. The van der Waals surface area contributed by atoms with Crippen LogP contribution in [0.1, 0.15) is 23.2 Å². The first-order valence-electron chi connectivity index (χ1n) is 7.27. The van der Waals surface area contributed by atoms with Crippen LogP contribution in [0.2, 0.25) is 0 Å². The van der Waals surface area contributed by atoms with Gasteiger partial charge in [-0.25, -0.2) is 0 Å². The number of nitrogens with zero attached hydrogens (tertiary/aromatic N) is 1. The van der Waals surface area contributed by atoms with Crippen LogP contribution >= 0.6 is 11.3 Å². The molecule has 0 radical (unpaired) electrons. The minimum Gasteiger partial charge on any atom is -0.366 e. The molecule has 0 bridgehead atoms. The van der Waals surface area contributed by atoms with Crippen molar-refractivity contribution in [3.63, 3.8) is 0 Å². The number of likely N-dealkylation sites (tertiary alicyclic amines) is 1. The van der Waals surface area contributed by atoms with Crippen LogP contribution in [-0.2, 0) is 4.79 Å². The molecule has 1 aromatic rings. The number of nitrogens with two attached hydrogens (primary N) is 1. The molecule has 7 heteroatoms. The van der Waals surface area contributed by atoms with Gasteiger partial charge in [0.2, 0.25) is 5.91 Å². The summed E-state index contributed by atoms with van der Waals surface area (Å²) in [6, 6.07) is 2.10. The molecule has 0 spiro atoms. The van der Waals surface area contributed by atoms with Crippen LogP contribution in [0.15, 0.2) is 11.4 Å². The lowest BCUT2D eigenvalue weighted by Gasteiger charge is -2.36. The number of hydrogen-bond donors (Lipinski definition) is 3. The third-order valence-corrected chi connectivity index (χ3v) is 5.15. The Balaban J connectivity index is 1.61. The molecule has 2 aliphatic rings. The minimum atomic E-state index is -0.510. The van der Waals surface area contributed by atoms with Crippen molar-refractivity contribution in [2.24, 2.45) is 11.7 Å². The number of primary amides is 1. The molecule has 114 valence electrons. The number of thiophene rings is 1. The summed E-state index contributed by atoms with van der Waals surface area (Å²) < 4.78 is 0. The summed E-state index contributed by atoms with van der Waals surface area (Å²) in [5.74, 6) is 0.0755. The highest BCUT2D eigenvalue weighted by Gasteiger charge is 2.35. The van der Waals surface area contributed by atoms with Crippen LogP contribution in [0.25, 0.3) is 0 Å². The van der Waals surface area contributed by atoms with Gasteiger partial charge in [-0.15, -0.1) is 11.3 Å². The zero-order valence-electron chi connectivity index (χ0n) is 11.8. The van der Waals surface area contributed by atoms with E-state index < -0.39 is 5.91 Å². The Kier molecular flexibility index (Phi) is 4.23. The minimum absolute atomic E-state index is 0.0764. The molecule has 0 aliphatic carbocycles. The molecule has 6 nitrogen and oxygen atoms in total. The Hall–Kier alpha value is -1.44. The van der Waals surface area contributed by atoms with Crippen molar-refractivity contribution in [3.8, 4) is 0 Å². The molecule has 3 heterocycles. The third kappa shape index (κ3) is 3.09. The van der Waals surface area contributed by atoms with Gasteiger partial charge >= 0.3 is 0 Å². The maximum Gasteiger partial charge on any atom is 0.251 e. The van der Waals surface area contributed by atoms with Crippen molar-refractivity contribution >= 4 is 28.2 Å². The highest BCUT2D eigenvalue weighted by atomic mass is 32.1. The van der Waals surface area contributed by atoms with E-state index in [1.807, 2.05) is 0 Å². The van der Waals surface area contributed by atoms with Gasteiger partial charge < -0.3 is 16.4 Å². The molecule has 21 heavy (non-hydrogen) atoms. The second-order valence-corrected chi connectivity index (χ2v) is 6.59. The number of amides is 2. The predicted molar refractivity (Wildman–Crippen MR) is 82.4 cm³/mol. The molecule has 1 aromatic heterocycles. The highest BCUT2D eigenvalue weighted by molar-refractivity contribution is 7.14. The summed E-state index contributed by atoms with van der Waals surface area (Å²) in [6.07, 6.45) is 2.38. The number of rotatable bonds is 4. The highest BCUT2D eigenvalue weighted by Crippen LogP contribution is 2.27. The summed E-state index contributed by atoms with van der Waals surface area (Å²) in [4.78, 5) is 25.7. The topological polar surface area (TPSA) is 87.5 Å². The quantitative estimate of drug-likeness (QED) is 0.754. The van der Waals surface area contributed by atoms with Gasteiger partial charge in [0, 0.05) is 12.6 Å². The lowest BCUT2D eigenvalue weighted by atomic mass is 9.92. The van der Waals surface area contributed by atoms with Crippen molar-refractivity contribution in [1.29, 1.82) is 0 Å². The number of fused-ring (bicyclic) bond motifs is 1. The molecule has 2 unspecified atom stereocenters. The van der Waals surface area contributed by atoms with Crippen molar-refractivity contribution in [1.82, 2.24) is 10.2 Å². The van der Waals surface area contributed by atoms with E-state index >= 15 is 0 Å². The van der Waals surface area contributed by atoms with Crippen LogP contribution in [0.4, 0.5) is 5.00 Å². The summed E-state index contributed by atoms with van der Waals surface area (Å²) in [6.45, 7) is 3.35. The van der Waals surface area contributed by atoms with Crippen LogP contribution in [-0.4, -0.2) is 48.9 Å². The van der Waals surface area contributed by atoms with Gasteiger partial charge in [-0.2, -0.15) is 0 Å². The van der Waals surface area contributed by atoms with Crippen LogP contribution in [0.3, 0.4) is 0 Å². The molecule has 2 atom stereocenters. The van der Waals surface area contributed by atoms with Crippen molar-refractivity contribution in [2.45, 2.75) is 18.9 Å². The number of carbonyl (C=O) groups is 2. The van der Waals surface area contributed by atoms with Crippen LogP contribution in [0, 0.1) is 5.92 Å². The van der Waals surface area contributed by atoms with Gasteiger partial charge in [-0.3, -0.25) is 14.5 Å². The maximum atomic E-state index is 12.2. The Labute approximate surface area is 127 Å². The lowest BCUT2D eigenvalue weighted by Crippen LogP contribution is -2.48. The molecular weight excluding hydrogens is 288 g/mol. The summed E-state index contributed by atoms with van der Waals surface area (Å²) in [5.41, 5.74) is 5.67. The fourth-order valence-electron chi connectivity index (χ4n) is 3.31. The van der Waals surface area contributed by atoms with Gasteiger partial charge in [0.15, 0.2) is 0 Å². The van der Waals surface area contributed by atoms with E-state index in [1.165, 1.54) is 17.8 Å². The first-order valence-corrected chi connectivity index (χ1v) is 8.15. The average Bonchev–Trinajstić information content (AvgIpc) is 3.07. The zero-order valence-corrected chi connectivity index (χ0v) is 12.6. The van der Waals surface area contributed by atoms with Crippen molar-refractivity contribution in [2.75, 3.05) is 31.5 Å². The second kappa shape index (κ2) is 6.13. The SMILES string of the molecule is NC(=O)c1ccsc1NC(=O)CN1CCCC2CNCC21. The van der Waals surface area contributed by atoms with E-state index in [-0.39, 0.29) is 5.91 Å². The molecule has 2 fully saturated rings. The molecule has 2 amide bonds. The third-order valence-electron chi connectivity index (χ3n) is 4.32. The van der Waals surface area contributed by atoms with E-state index in [2.05, 4.69) is 15.5 Å². The number of hydrogen-bond acceptors (Lipinski definition) is 5. The van der Waals surface area contributed by atoms with Gasteiger partial charge in [0.05, 0.1) is 12.1 Å². The van der Waals surface area contributed by atoms with Crippen molar-refractivity contribution in [3.05, 3.63) is 17.0 Å². The first-order chi connectivity index (χ1) is 10.1. The molecule has 3 rings (SSSR count).